The number of hydrogen-bond donors (Lipinski definition) is 0. The van der Waals surface area contributed by atoms with Crippen LogP contribution in [-0.4, -0.2) is 18.0 Å². The summed E-state index contributed by atoms with van der Waals surface area (Å²) in [5, 5.41) is 19.7. The summed E-state index contributed by atoms with van der Waals surface area (Å²) in [6.07, 6.45) is 1.95. The Balaban J connectivity index is 3.16. The zero-order chi connectivity index (χ0) is 13.7. The summed E-state index contributed by atoms with van der Waals surface area (Å²) in [6.45, 7) is 4.17. The first-order valence-electron chi connectivity index (χ1n) is 5.96. The molecule has 1 rings (SSSR count). The van der Waals surface area contributed by atoms with Crippen molar-refractivity contribution in [2.24, 2.45) is 0 Å². The van der Waals surface area contributed by atoms with Gasteiger partial charge in [0.25, 0.3) is 5.69 Å². The number of rotatable bonds is 5. The lowest BCUT2D eigenvalue weighted by Gasteiger charge is -2.28. The van der Waals surface area contributed by atoms with Gasteiger partial charge in [0.2, 0.25) is 0 Å². The fourth-order valence-electron chi connectivity index (χ4n) is 2.03. The van der Waals surface area contributed by atoms with Crippen LogP contribution in [0.1, 0.15) is 32.3 Å². The molecule has 0 radical (unpaired) electrons. The Morgan fingerprint density at radius 2 is 2.06 bits per heavy atom. The third-order valence-corrected chi connectivity index (χ3v) is 3.20. The quantitative estimate of drug-likeness (QED) is 0.592. The molecule has 0 amide bonds. The van der Waals surface area contributed by atoms with E-state index in [1.807, 2.05) is 18.0 Å². The Morgan fingerprint density at radius 3 is 2.50 bits per heavy atom. The normalized spacial score (nSPS) is 10.2. The lowest BCUT2D eigenvalue weighted by atomic mass is 10.1. The van der Waals surface area contributed by atoms with E-state index in [2.05, 4.69) is 13.8 Å². The molecule has 0 heterocycles. The van der Waals surface area contributed by atoms with Gasteiger partial charge >= 0.3 is 0 Å². The Morgan fingerprint density at radius 1 is 1.44 bits per heavy atom. The third-order valence-electron chi connectivity index (χ3n) is 3.20. The van der Waals surface area contributed by atoms with Crippen molar-refractivity contribution in [1.82, 2.24) is 0 Å². The number of benzene rings is 1. The average Bonchev–Trinajstić information content (AvgIpc) is 2.39. The van der Waals surface area contributed by atoms with E-state index >= 15 is 0 Å². The molecule has 0 saturated carbocycles. The van der Waals surface area contributed by atoms with E-state index in [0.29, 0.717) is 6.04 Å². The van der Waals surface area contributed by atoms with Crippen molar-refractivity contribution in [3.63, 3.8) is 0 Å². The van der Waals surface area contributed by atoms with Gasteiger partial charge in [0.1, 0.15) is 11.6 Å². The first-order chi connectivity index (χ1) is 8.54. The Kier molecular flexibility index (Phi) is 4.67. The topological polar surface area (TPSA) is 70.2 Å². The molecule has 0 aromatic heterocycles. The molecule has 5 nitrogen and oxygen atoms in total. The molecule has 1 aromatic rings. The fourth-order valence-corrected chi connectivity index (χ4v) is 2.03. The summed E-state index contributed by atoms with van der Waals surface area (Å²) in [5.74, 6) is 0. The van der Waals surface area contributed by atoms with Gasteiger partial charge in [-0.1, -0.05) is 13.8 Å². The highest BCUT2D eigenvalue weighted by Gasteiger charge is 2.18. The maximum Gasteiger partial charge on any atom is 0.289 e. The summed E-state index contributed by atoms with van der Waals surface area (Å²) in [5.41, 5.74) is 0.740. The predicted octanol–water partition coefficient (Wildman–Crippen LogP) is 3.09. The SMILES string of the molecule is CCC(CC)N(C)c1ccc(C#N)c([N+](=O)[O-])c1. The summed E-state index contributed by atoms with van der Waals surface area (Å²) in [4.78, 5) is 12.4. The minimum atomic E-state index is -0.511. The number of nitro benzene ring substituents is 1. The standard InChI is InChI=1S/C13H17N3O2/c1-4-11(5-2)15(3)12-7-6-10(9-14)13(8-12)16(17)18/h6-8,11H,4-5H2,1-3H3. The first kappa shape index (κ1) is 14.0. The van der Waals surface area contributed by atoms with Gasteiger partial charge in [0.15, 0.2) is 0 Å². The van der Waals surface area contributed by atoms with Gasteiger partial charge in [-0.25, -0.2) is 0 Å². The van der Waals surface area contributed by atoms with Gasteiger partial charge in [-0.05, 0) is 25.0 Å². The number of anilines is 1. The van der Waals surface area contributed by atoms with Crippen LogP contribution in [0.4, 0.5) is 11.4 Å². The molecule has 0 unspecified atom stereocenters. The third kappa shape index (κ3) is 2.77. The molecule has 0 aliphatic carbocycles. The molecular formula is C13H17N3O2. The van der Waals surface area contributed by atoms with Gasteiger partial charge in [0.05, 0.1) is 4.92 Å². The number of nitriles is 1. The summed E-state index contributed by atoms with van der Waals surface area (Å²) in [7, 11) is 1.92. The van der Waals surface area contributed by atoms with Gasteiger partial charge in [0, 0.05) is 24.8 Å². The summed E-state index contributed by atoms with van der Waals surface area (Å²) >= 11 is 0. The molecule has 0 aliphatic heterocycles. The minimum absolute atomic E-state index is 0.0988. The highest BCUT2D eigenvalue weighted by atomic mass is 16.6. The van der Waals surface area contributed by atoms with Gasteiger partial charge in [-0.3, -0.25) is 10.1 Å². The summed E-state index contributed by atoms with van der Waals surface area (Å²) < 4.78 is 0. The summed E-state index contributed by atoms with van der Waals surface area (Å²) in [6, 6.07) is 6.91. The zero-order valence-electron chi connectivity index (χ0n) is 10.9. The lowest BCUT2D eigenvalue weighted by Crippen LogP contribution is -2.30. The van der Waals surface area contributed by atoms with Crippen molar-refractivity contribution >= 4 is 11.4 Å². The fraction of sp³-hybridized carbons (Fsp3) is 0.462. The molecule has 5 heteroatoms. The van der Waals surface area contributed by atoms with Crippen molar-refractivity contribution < 1.29 is 4.92 Å². The van der Waals surface area contributed by atoms with Crippen molar-refractivity contribution in [2.75, 3.05) is 11.9 Å². The molecule has 18 heavy (non-hydrogen) atoms. The smallest absolute Gasteiger partial charge is 0.289 e. The predicted molar refractivity (Wildman–Crippen MR) is 70.6 cm³/mol. The van der Waals surface area contributed by atoms with Gasteiger partial charge < -0.3 is 4.90 Å². The van der Waals surface area contributed by atoms with Crippen molar-refractivity contribution in [3.8, 4) is 6.07 Å². The number of hydrogen-bond acceptors (Lipinski definition) is 4. The monoisotopic (exact) mass is 247 g/mol. The van der Waals surface area contributed by atoms with Crippen molar-refractivity contribution in [3.05, 3.63) is 33.9 Å². The highest BCUT2D eigenvalue weighted by Crippen LogP contribution is 2.26. The molecule has 0 atom stereocenters. The van der Waals surface area contributed by atoms with Gasteiger partial charge in [-0.2, -0.15) is 5.26 Å². The van der Waals surface area contributed by atoms with E-state index in [1.165, 1.54) is 12.1 Å². The largest absolute Gasteiger partial charge is 0.371 e. The second kappa shape index (κ2) is 6.01. The minimum Gasteiger partial charge on any atom is -0.371 e. The molecule has 96 valence electrons. The van der Waals surface area contributed by atoms with Crippen LogP contribution in [0.15, 0.2) is 18.2 Å². The van der Waals surface area contributed by atoms with Crippen LogP contribution in [0, 0.1) is 21.4 Å². The van der Waals surface area contributed by atoms with E-state index in [0.717, 1.165) is 18.5 Å². The Bertz CT molecular complexity index is 476. The zero-order valence-corrected chi connectivity index (χ0v) is 10.9. The maximum atomic E-state index is 10.9. The highest BCUT2D eigenvalue weighted by molar-refractivity contribution is 5.60. The lowest BCUT2D eigenvalue weighted by molar-refractivity contribution is -0.385. The molecule has 0 bridgehead atoms. The van der Waals surface area contributed by atoms with E-state index in [9.17, 15) is 10.1 Å². The Labute approximate surface area is 107 Å². The van der Waals surface area contributed by atoms with E-state index in [1.54, 1.807) is 6.07 Å². The Hall–Kier alpha value is -2.09. The van der Waals surface area contributed by atoms with E-state index in [4.69, 9.17) is 5.26 Å². The molecule has 0 aliphatic rings. The molecule has 1 aromatic carbocycles. The molecule has 0 spiro atoms. The van der Waals surface area contributed by atoms with Crippen LogP contribution in [-0.2, 0) is 0 Å². The van der Waals surface area contributed by atoms with Crippen molar-refractivity contribution in [1.29, 1.82) is 5.26 Å². The van der Waals surface area contributed by atoms with Crippen LogP contribution >= 0.6 is 0 Å². The average molecular weight is 247 g/mol. The number of nitrogens with zero attached hydrogens (tertiary/aromatic N) is 3. The molecular weight excluding hydrogens is 230 g/mol. The van der Waals surface area contributed by atoms with E-state index in [-0.39, 0.29) is 11.3 Å². The van der Waals surface area contributed by atoms with Gasteiger partial charge in [-0.15, -0.1) is 0 Å². The van der Waals surface area contributed by atoms with Crippen molar-refractivity contribution in [2.45, 2.75) is 32.7 Å². The van der Waals surface area contributed by atoms with Crippen LogP contribution in [0.5, 0.6) is 0 Å². The second-order valence-electron chi connectivity index (χ2n) is 4.15. The van der Waals surface area contributed by atoms with Crippen LogP contribution in [0.2, 0.25) is 0 Å². The van der Waals surface area contributed by atoms with Crippen LogP contribution < -0.4 is 4.90 Å². The maximum absolute atomic E-state index is 10.9. The van der Waals surface area contributed by atoms with Crippen LogP contribution in [0.3, 0.4) is 0 Å². The van der Waals surface area contributed by atoms with Crippen LogP contribution in [0.25, 0.3) is 0 Å². The molecule has 0 N–H and O–H groups in total. The van der Waals surface area contributed by atoms with E-state index < -0.39 is 4.92 Å². The molecule has 0 saturated heterocycles. The first-order valence-corrected chi connectivity index (χ1v) is 5.96. The number of nitro groups is 1. The molecule has 0 fully saturated rings. The second-order valence-corrected chi connectivity index (χ2v) is 4.15.